The van der Waals surface area contributed by atoms with Gasteiger partial charge < -0.3 is 15.5 Å². The van der Waals surface area contributed by atoms with Crippen LogP contribution in [0.1, 0.15) is 27.1 Å². The number of nitrogens with one attached hydrogen (secondary N) is 1. The number of rotatable bonds is 4. The number of hydrogen-bond donors (Lipinski definition) is 3. The summed E-state index contributed by atoms with van der Waals surface area (Å²) in [6, 6.07) is 4.26. The molecule has 0 aromatic heterocycles. The molecule has 1 aromatic rings. The van der Waals surface area contributed by atoms with E-state index in [1.165, 1.54) is 18.2 Å². The second kappa shape index (κ2) is 6.19. The van der Waals surface area contributed by atoms with Gasteiger partial charge in [0.05, 0.1) is 5.56 Å². The van der Waals surface area contributed by atoms with Gasteiger partial charge in [0.25, 0.3) is 5.91 Å². The zero-order valence-electron chi connectivity index (χ0n) is 10.5. The van der Waals surface area contributed by atoms with Crippen LogP contribution < -0.4 is 5.32 Å². The Kier molecular flexibility index (Phi) is 4.57. The maximum Gasteiger partial charge on any atom is 0.336 e. The zero-order chi connectivity index (χ0) is 14.7. The van der Waals surface area contributed by atoms with Crippen LogP contribution in [0.5, 0.6) is 0 Å². The van der Waals surface area contributed by atoms with E-state index < -0.39 is 5.97 Å². The van der Waals surface area contributed by atoms with Crippen molar-refractivity contribution in [2.75, 3.05) is 6.61 Å². The van der Waals surface area contributed by atoms with E-state index in [9.17, 15) is 9.59 Å². The van der Waals surface area contributed by atoms with Crippen LogP contribution in [0, 0.1) is 5.92 Å². The molecule has 1 aromatic carbocycles. The van der Waals surface area contributed by atoms with Crippen LogP contribution in [0.25, 0.3) is 0 Å². The van der Waals surface area contributed by atoms with Crippen molar-refractivity contribution in [1.82, 2.24) is 5.32 Å². The number of aliphatic hydroxyl groups is 1. The molecule has 1 aliphatic carbocycles. The van der Waals surface area contributed by atoms with Gasteiger partial charge in [0.1, 0.15) is 0 Å². The third kappa shape index (κ3) is 3.26. The molecular formula is C14H14BrNO4. The molecule has 0 spiro atoms. The number of carboxylic acid groups (broad SMARTS) is 1. The Labute approximate surface area is 124 Å². The summed E-state index contributed by atoms with van der Waals surface area (Å²) < 4.78 is 0.368. The Bertz CT molecular complexity index is 570. The number of aromatic carboxylic acids is 1. The topological polar surface area (TPSA) is 86.6 Å². The van der Waals surface area contributed by atoms with Gasteiger partial charge in [-0.05, 0) is 40.5 Å². The van der Waals surface area contributed by atoms with Gasteiger partial charge in [-0.25, -0.2) is 4.79 Å². The van der Waals surface area contributed by atoms with Crippen LogP contribution in [0.2, 0.25) is 0 Å². The molecule has 0 bridgehead atoms. The van der Waals surface area contributed by atoms with Gasteiger partial charge in [-0.15, -0.1) is 0 Å². The van der Waals surface area contributed by atoms with Gasteiger partial charge in [-0.1, -0.05) is 12.2 Å². The number of halogens is 1. The van der Waals surface area contributed by atoms with Crippen LogP contribution in [0.15, 0.2) is 34.8 Å². The molecule has 0 fully saturated rings. The predicted molar refractivity (Wildman–Crippen MR) is 76.7 cm³/mol. The fraction of sp³-hybridized carbons (Fsp3) is 0.286. The average molecular weight is 340 g/mol. The van der Waals surface area contributed by atoms with Crippen LogP contribution in [-0.2, 0) is 0 Å². The second-order valence-corrected chi connectivity index (χ2v) is 5.50. The van der Waals surface area contributed by atoms with Gasteiger partial charge in [0.15, 0.2) is 0 Å². The van der Waals surface area contributed by atoms with Crippen LogP contribution >= 0.6 is 15.9 Å². The van der Waals surface area contributed by atoms with E-state index in [-0.39, 0.29) is 30.0 Å². The van der Waals surface area contributed by atoms with Gasteiger partial charge in [-0.2, -0.15) is 0 Å². The number of carbonyl (C=O) groups excluding carboxylic acids is 1. The van der Waals surface area contributed by atoms with E-state index in [4.69, 9.17) is 10.2 Å². The van der Waals surface area contributed by atoms with E-state index in [1.54, 1.807) is 0 Å². The maximum absolute atomic E-state index is 12.1. The third-order valence-corrected chi connectivity index (χ3v) is 3.84. The SMILES string of the molecule is O=C(N[C@@H]1C=C[C@H](CO)C1)c1ccc(C(=O)O)c(Br)c1. The molecule has 3 N–H and O–H groups in total. The Balaban J connectivity index is 2.05. The summed E-state index contributed by atoms with van der Waals surface area (Å²) in [4.78, 5) is 22.9. The van der Waals surface area contributed by atoms with Gasteiger partial charge in [0, 0.05) is 28.6 Å². The molecular weight excluding hydrogens is 326 g/mol. The van der Waals surface area contributed by atoms with E-state index in [0.29, 0.717) is 16.5 Å². The summed E-state index contributed by atoms with van der Waals surface area (Å²) in [5, 5.41) is 20.8. The minimum atomic E-state index is -1.05. The number of benzene rings is 1. The first-order chi connectivity index (χ1) is 9.51. The first-order valence-electron chi connectivity index (χ1n) is 6.14. The van der Waals surface area contributed by atoms with Crippen molar-refractivity contribution < 1.29 is 19.8 Å². The second-order valence-electron chi connectivity index (χ2n) is 4.64. The molecule has 0 aliphatic heterocycles. The Morgan fingerprint density at radius 2 is 2.10 bits per heavy atom. The van der Waals surface area contributed by atoms with E-state index >= 15 is 0 Å². The number of carboxylic acids is 1. The molecule has 0 saturated heterocycles. The largest absolute Gasteiger partial charge is 0.478 e. The van der Waals surface area contributed by atoms with Crippen molar-refractivity contribution in [2.45, 2.75) is 12.5 Å². The molecule has 6 heteroatoms. The summed E-state index contributed by atoms with van der Waals surface area (Å²) in [5.74, 6) is -1.23. The monoisotopic (exact) mass is 339 g/mol. The van der Waals surface area contributed by atoms with Crippen molar-refractivity contribution in [3.05, 3.63) is 46.0 Å². The molecule has 1 aliphatic rings. The normalized spacial score (nSPS) is 20.9. The van der Waals surface area contributed by atoms with Crippen molar-refractivity contribution in [3.63, 3.8) is 0 Å². The van der Waals surface area contributed by atoms with Gasteiger partial charge >= 0.3 is 5.97 Å². The van der Waals surface area contributed by atoms with E-state index in [2.05, 4.69) is 21.2 Å². The predicted octanol–water partition coefficient (Wildman–Crippen LogP) is 1.81. The molecule has 0 radical (unpaired) electrons. The number of amides is 1. The fourth-order valence-electron chi connectivity index (χ4n) is 2.10. The van der Waals surface area contributed by atoms with Crippen LogP contribution in [0.3, 0.4) is 0 Å². The third-order valence-electron chi connectivity index (χ3n) is 3.18. The van der Waals surface area contributed by atoms with E-state index in [0.717, 1.165) is 0 Å². The highest BCUT2D eigenvalue weighted by molar-refractivity contribution is 9.10. The minimum absolute atomic E-state index is 0.0712. The summed E-state index contributed by atoms with van der Waals surface area (Å²) in [7, 11) is 0. The first-order valence-corrected chi connectivity index (χ1v) is 6.93. The molecule has 0 saturated carbocycles. The lowest BCUT2D eigenvalue weighted by Crippen LogP contribution is -2.32. The summed E-state index contributed by atoms with van der Waals surface area (Å²) in [5.41, 5.74) is 0.505. The smallest absolute Gasteiger partial charge is 0.336 e. The minimum Gasteiger partial charge on any atom is -0.478 e. The molecule has 1 amide bonds. The highest BCUT2D eigenvalue weighted by atomic mass is 79.9. The number of hydrogen-bond acceptors (Lipinski definition) is 3. The van der Waals surface area contributed by atoms with Crippen LogP contribution in [-0.4, -0.2) is 34.7 Å². The zero-order valence-corrected chi connectivity index (χ0v) is 12.1. The standard InChI is InChI=1S/C14H14BrNO4/c15-12-6-9(2-4-11(12)14(19)20)13(18)16-10-3-1-8(5-10)7-17/h1-4,6,8,10,17H,5,7H2,(H,16,18)(H,19,20)/t8-,10+/m0/s1. The molecule has 106 valence electrons. The molecule has 5 nitrogen and oxygen atoms in total. The number of carbonyl (C=O) groups is 2. The Hall–Kier alpha value is -1.66. The highest BCUT2D eigenvalue weighted by Gasteiger charge is 2.20. The molecule has 0 heterocycles. The van der Waals surface area contributed by atoms with Crippen molar-refractivity contribution in [3.8, 4) is 0 Å². The van der Waals surface area contributed by atoms with Crippen molar-refractivity contribution >= 4 is 27.8 Å². The quantitative estimate of drug-likeness (QED) is 0.730. The molecule has 2 atom stereocenters. The Morgan fingerprint density at radius 1 is 1.35 bits per heavy atom. The maximum atomic E-state index is 12.1. The average Bonchev–Trinajstić information content (AvgIpc) is 2.85. The molecule has 2 rings (SSSR count). The van der Waals surface area contributed by atoms with Crippen molar-refractivity contribution in [2.24, 2.45) is 5.92 Å². The lowest BCUT2D eigenvalue weighted by Gasteiger charge is -2.13. The Morgan fingerprint density at radius 3 is 2.65 bits per heavy atom. The summed E-state index contributed by atoms with van der Waals surface area (Å²) in [6.07, 6.45) is 4.42. The molecule has 20 heavy (non-hydrogen) atoms. The lowest BCUT2D eigenvalue weighted by molar-refractivity contribution is 0.0695. The van der Waals surface area contributed by atoms with Gasteiger partial charge in [-0.3, -0.25) is 4.79 Å². The van der Waals surface area contributed by atoms with Gasteiger partial charge in [0.2, 0.25) is 0 Å². The van der Waals surface area contributed by atoms with Crippen LogP contribution in [0.4, 0.5) is 0 Å². The summed E-state index contributed by atoms with van der Waals surface area (Å²) >= 11 is 3.14. The first kappa shape index (κ1) is 14.7. The van der Waals surface area contributed by atoms with Crippen molar-refractivity contribution in [1.29, 1.82) is 0 Å². The van der Waals surface area contributed by atoms with E-state index in [1.807, 2.05) is 12.2 Å². The highest BCUT2D eigenvalue weighted by Crippen LogP contribution is 2.20. The molecule has 0 unspecified atom stereocenters. The lowest BCUT2D eigenvalue weighted by atomic mass is 10.1. The summed E-state index contributed by atoms with van der Waals surface area (Å²) in [6.45, 7) is 0.0712. The number of aliphatic hydroxyl groups excluding tert-OH is 1. The fourth-order valence-corrected chi connectivity index (χ4v) is 2.65.